The molecule has 1 aliphatic heterocycles. The summed E-state index contributed by atoms with van der Waals surface area (Å²) in [4.78, 5) is 30.4. The minimum atomic E-state index is -4.01. The van der Waals surface area contributed by atoms with E-state index in [0.717, 1.165) is 25.0 Å². The molecule has 0 unspecified atom stereocenters. The highest BCUT2D eigenvalue weighted by molar-refractivity contribution is 7.89. The Kier molecular flexibility index (Phi) is 4.89. The Morgan fingerprint density at radius 3 is 2.66 bits per heavy atom. The number of amides is 1. The molecule has 0 aliphatic carbocycles. The van der Waals surface area contributed by atoms with Gasteiger partial charge in [0.25, 0.3) is 11.5 Å². The van der Waals surface area contributed by atoms with Crippen molar-refractivity contribution >= 4 is 32.5 Å². The fourth-order valence-corrected chi connectivity index (χ4v) is 4.87. The number of nitrogens with one attached hydrogen (secondary N) is 2. The van der Waals surface area contributed by atoms with Gasteiger partial charge in [0.15, 0.2) is 0 Å². The van der Waals surface area contributed by atoms with Crippen LogP contribution in [0.25, 0.3) is 10.9 Å². The Bertz CT molecular complexity index is 1270. The van der Waals surface area contributed by atoms with E-state index in [2.05, 4.69) is 15.3 Å². The molecule has 0 bridgehead atoms. The average molecular weight is 416 g/mol. The lowest BCUT2D eigenvalue weighted by Gasteiger charge is -2.16. The van der Waals surface area contributed by atoms with E-state index in [-0.39, 0.29) is 11.1 Å². The molecule has 8 nitrogen and oxygen atoms in total. The number of benzene rings is 2. The number of hydrogen-bond donors (Lipinski definition) is 2. The van der Waals surface area contributed by atoms with Crippen molar-refractivity contribution in [2.24, 2.45) is 0 Å². The predicted octanol–water partition coefficient (Wildman–Crippen LogP) is 2.10. The highest BCUT2D eigenvalue weighted by Crippen LogP contribution is 2.25. The van der Waals surface area contributed by atoms with Crippen LogP contribution in [0.1, 0.15) is 23.2 Å². The van der Waals surface area contributed by atoms with Crippen LogP contribution in [0, 0.1) is 5.82 Å². The molecule has 1 amide bonds. The zero-order chi connectivity index (χ0) is 20.6. The fraction of sp³-hybridized carbons (Fsp3) is 0.211. The summed E-state index contributed by atoms with van der Waals surface area (Å²) in [6.07, 6.45) is 2.72. The molecule has 1 fully saturated rings. The largest absolute Gasteiger partial charge is 0.322 e. The summed E-state index contributed by atoms with van der Waals surface area (Å²) in [5.74, 6) is -1.53. The molecule has 0 saturated carbocycles. The Morgan fingerprint density at radius 2 is 1.90 bits per heavy atom. The first kappa shape index (κ1) is 19.2. The second-order valence-corrected chi connectivity index (χ2v) is 8.58. The summed E-state index contributed by atoms with van der Waals surface area (Å²) >= 11 is 0. The number of nitrogens with zero attached hydrogens (tertiary/aromatic N) is 2. The van der Waals surface area contributed by atoms with E-state index >= 15 is 0 Å². The number of anilines is 1. The third-order valence-corrected chi connectivity index (χ3v) is 6.69. The molecule has 2 N–H and O–H groups in total. The predicted molar refractivity (Wildman–Crippen MR) is 105 cm³/mol. The van der Waals surface area contributed by atoms with E-state index in [9.17, 15) is 22.4 Å². The van der Waals surface area contributed by atoms with Crippen LogP contribution in [0.15, 0.2) is 52.4 Å². The Balaban J connectivity index is 1.64. The molecule has 1 saturated heterocycles. The summed E-state index contributed by atoms with van der Waals surface area (Å²) in [7, 11) is -4.01. The van der Waals surface area contributed by atoms with E-state index in [0.29, 0.717) is 29.7 Å². The maximum Gasteiger partial charge on any atom is 0.258 e. The van der Waals surface area contributed by atoms with Gasteiger partial charge in [-0.2, -0.15) is 4.31 Å². The van der Waals surface area contributed by atoms with Gasteiger partial charge in [-0.1, -0.05) is 0 Å². The van der Waals surface area contributed by atoms with Crippen LogP contribution in [0.3, 0.4) is 0 Å². The maximum atomic E-state index is 14.2. The fourth-order valence-electron chi connectivity index (χ4n) is 3.26. The van der Waals surface area contributed by atoms with Crippen LogP contribution < -0.4 is 10.9 Å². The molecule has 2 heterocycles. The first-order valence-electron chi connectivity index (χ1n) is 8.95. The standard InChI is InChI=1S/C19H17FN4O4S/c20-15-5-3-12(9-17(15)29(27,28)24-7-1-2-8-24)18(25)23-13-4-6-16-14(10-13)19(26)22-11-21-16/h3-6,9-11H,1-2,7-8H2,(H,23,25)(H,21,22,26). The topological polar surface area (TPSA) is 112 Å². The lowest BCUT2D eigenvalue weighted by molar-refractivity contribution is 0.102. The zero-order valence-electron chi connectivity index (χ0n) is 15.2. The number of H-pyrrole nitrogens is 1. The van der Waals surface area contributed by atoms with Gasteiger partial charge >= 0.3 is 0 Å². The third kappa shape index (κ3) is 3.64. The van der Waals surface area contributed by atoms with Gasteiger partial charge in [0.1, 0.15) is 10.7 Å². The summed E-state index contributed by atoms with van der Waals surface area (Å²) < 4.78 is 40.8. The number of carbonyl (C=O) groups excluding carboxylic acids is 1. The van der Waals surface area contributed by atoms with Crippen LogP contribution in [0.2, 0.25) is 0 Å². The molecular formula is C19H17FN4O4S. The molecule has 10 heteroatoms. The number of aromatic amines is 1. The van der Waals surface area contributed by atoms with Crippen LogP contribution in [-0.4, -0.2) is 41.7 Å². The van der Waals surface area contributed by atoms with Crippen molar-refractivity contribution in [2.45, 2.75) is 17.7 Å². The number of fused-ring (bicyclic) bond motifs is 1. The second-order valence-electron chi connectivity index (χ2n) is 6.67. The molecule has 29 heavy (non-hydrogen) atoms. The summed E-state index contributed by atoms with van der Waals surface area (Å²) in [5.41, 5.74) is 0.429. The zero-order valence-corrected chi connectivity index (χ0v) is 16.0. The van der Waals surface area contributed by atoms with Gasteiger partial charge in [-0.15, -0.1) is 0 Å². The van der Waals surface area contributed by atoms with Crippen LogP contribution in [-0.2, 0) is 10.0 Å². The molecular weight excluding hydrogens is 399 g/mol. The highest BCUT2D eigenvalue weighted by atomic mass is 32.2. The maximum absolute atomic E-state index is 14.2. The van der Waals surface area contributed by atoms with Crippen molar-refractivity contribution in [2.75, 3.05) is 18.4 Å². The molecule has 0 radical (unpaired) electrons. The molecule has 150 valence electrons. The van der Waals surface area contributed by atoms with E-state index in [1.165, 1.54) is 22.8 Å². The first-order chi connectivity index (χ1) is 13.9. The van der Waals surface area contributed by atoms with Crippen LogP contribution in [0.5, 0.6) is 0 Å². The molecule has 3 aromatic rings. The van der Waals surface area contributed by atoms with Crippen molar-refractivity contribution in [3.8, 4) is 0 Å². The van der Waals surface area contributed by atoms with Gasteiger partial charge in [-0.05, 0) is 49.2 Å². The Morgan fingerprint density at radius 1 is 1.14 bits per heavy atom. The first-order valence-corrected chi connectivity index (χ1v) is 10.4. The quantitative estimate of drug-likeness (QED) is 0.676. The molecule has 1 aliphatic rings. The summed E-state index contributed by atoms with van der Waals surface area (Å²) in [6, 6.07) is 7.82. The van der Waals surface area contributed by atoms with Gasteiger partial charge in [-0.3, -0.25) is 9.59 Å². The third-order valence-electron chi connectivity index (χ3n) is 4.77. The number of rotatable bonds is 4. The van der Waals surface area contributed by atoms with Crippen molar-refractivity contribution in [1.82, 2.24) is 14.3 Å². The number of sulfonamides is 1. The number of hydrogen-bond acceptors (Lipinski definition) is 5. The Labute approximate surface area is 165 Å². The SMILES string of the molecule is O=C(Nc1ccc2nc[nH]c(=O)c2c1)c1ccc(F)c(S(=O)(=O)N2CCCC2)c1. The highest BCUT2D eigenvalue weighted by Gasteiger charge is 2.30. The van der Waals surface area contributed by atoms with Gasteiger partial charge in [0, 0.05) is 24.3 Å². The monoisotopic (exact) mass is 416 g/mol. The van der Waals surface area contributed by atoms with Crippen LogP contribution in [0.4, 0.5) is 10.1 Å². The van der Waals surface area contributed by atoms with E-state index < -0.39 is 26.6 Å². The van der Waals surface area contributed by atoms with Gasteiger partial charge in [-0.25, -0.2) is 17.8 Å². The number of halogens is 1. The average Bonchev–Trinajstić information content (AvgIpc) is 3.24. The number of aromatic nitrogens is 2. The van der Waals surface area contributed by atoms with Gasteiger partial charge < -0.3 is 10.3 Å². The summed E-state index contributed by atoms with van der Waals surface area (Å²) in [5, 5.41) is 2.89. The van der Waals surface area contributed by atoms with Gasteiger partial charge in [0.2, 0.25) is 10.0 Å². The Hall–Kier alpha value is -3.11. The lowest BCUT2D eigenvalue weighted by atomic mass is 10.2. The second kappa shape index (κ2) is 7.37. The minimum Gasteiger partial charge on any atom is -0.322 e. The van der Waals surface area contributed by atoms with Crippen molar-refractivity contribution in [3.63, 3.8) is 0 Å². The molecule has 0 atom stereocenters. The molecule has 2 aromatic carbocycles. The minimum absolute atomic E-state index is 0.00985. The number of carbonyl (C=O) groups is 1. The lowest BCUT2D eigenvalue weighted by Crippen LogP contribution is -2.29. The van der Waals surface area contributed by atoms with Gasteiger partial charge in [0.05, 0.1) is 17.2 Å². The summed E-state index contributed by atoms with van der Waals surface area (Å²) in [6.45, 7) is 0.662. The van der Waals surface area contributed by atoms with Crippen molar-refractivity contribution in [1.29, 1.82) is 0 Å². The van der Waals surface area contributed by atoms with Crippen LogP contribution >= 0.6 is 0 Å². The van der Waals surface area contributed by atoms with Crippen molar-refractivity contribution < 1.29 is 17.6 Å². The van der Waals surface area contributed by atoms with E-state index in [1.54, 1.807) is 12.1 Å². The van der Waals surface area contributed by atoms with E-state index in [4.69, 9.17) is 0 Å². The molecule has 0 spiro atoms. The van der Waals surface area contributed by atoms with E-state index in [1.807, 2.05) is 0 Å². The molecule has 1 aromatic heterocycles. The van der Waals surface area contributed by atoms with Crippen molar-refractivity contribution in [3.05, 3.63) is 64.5 Å². The normalized spacial score (nSPS) is 14.9. The molecule has 4 rings (SSSR count). The smallest absolute Gasteiger partial charge is 0.258 e.